The maximum Gasteiger partial charge on any atom is 0.124 e. The Labute approximate surface area is 122 Å². The zero-order valence-corrected chi connectivity index (χ0v) is 12.0. The Morgan fingerprint density at radius 3 is 2.24 bits per heavy atom. The van der Waals surface area contributed by atoms with E-state index in [4.69, 9.17) is 4.74 Å². The molecule has 6 nitrogen and oxygen atoms in total. The Morgan fingerprint density at radius 2 is 1.71 bits per heavy atom. The first kappa shape index (κ1) is 15.0. The highest BCUT2D eigenvalue weighted by atomic mass is 32.2. The lowest BCUT2D eigenvalue weighted by atomic mass is 10.2. The van der Waals surface area contributed by atoms with Gasteiger partial charge in [-0.3, -0.25) is 5.43 Å². The molecule has 21 heavy (non-hydrogen) atoms. The first-order valence-electron chi connectivity index (χ1n) is 5.98. The minimum Gasteiger partial charge on any atom is -0.744 e. The Hall–Kier alpha value is -2.38. The molecule has 2 rings (SSSR count). The molecule has 7 heteroatoms. The van der Waals surface area contributed by atoms with E-state index in [1.54, 1.807) is 13.3 Å². The van der Waals surface area contributed by atoms with Crippen LogP contribution in [0.4, 0.5) is 5.69 Å². The molecule has 0 bridgehead atoms. The van der Waals surface area contributed by atoms with Crippen molar-refractivity contribution < 1.29 is 17.7 Å². The summed E-state index contributed by atoms with van der Waals surface area (Å²) >= 11 is 0. The van der Waals surface area contributed by atoms with Gasteiger partial charge in [0.15, 0.2) is 0 Å². The second kappa shape index (κ2) is 6.38. The molecular weight excluding hydrogens is 292 g/mol. The molecule has 0 saturated heterocycles. The SMILES string of the molecule is COc1ccc(C=NNc2ccc(S(=O)(=O)[O-])cc2)cc1. The van der Waals surface area contributed by atoms with E-state index in [-0.39, 0.29) is 4.90 Å². The normalized spacial score (nSPS) is 11.5. The van der Waals surface area contributed by atoms with Gasteiger partial charge in [0, 0.05) is 0 Å². The number of hydrazone groups is 1. The lowest BCUT2D eigenvalue weighted by molar-refractivity contribution is 0.415. The molecule has 0 aliphatic heterocycles. The van der Waals surface area contributed by atoms with Gasteiger partial charge in [-0.05, 0) is 54.1 Å². The van der Waals surface area contributed by atoms with Gasteiger partial charge >= 0.3 is 0 Å². The highest BCUT2D eigenvalue weighted by Gasteiger charge is 1.99. The van der Waals surface area contributed by atoms with Crippen LogP contribution in [0.2, 0.25) is 0 Å². The van der Waals surface area contributed by atoms with Crippen LogP contribution in [0, 0.1) is 0 Å². The second-order valence-corrected chi connectivity index (χ2v) is 5.50. The van der Waals surface area contributed by atoms with Crippen LogP contribution in [-0.4, -0.2) is 26.3 Å². The van der Waals surface area contributed by atoms with Crippen molar-refractivity contribution in [2.45, 2.75) is 4.90 Å². The summed E-state index contributed by atoms with van der Waals surface area (Å²) in [7, 11) is -2.82. The summed E-state index contributed by atoms with van der Waals surface area (Å²) in [5.41, 5.74) is 4.19. The van der Waals surface area contributed by atoms with Crippen LogP contribution in [0.5, 0.6) is 5.75 Å². The maximum absolute atomic E-state index is 10.8. The molecule has 0 fully saturated rings. The third kappa shape index (κ3) is 4.30. The molecule has 0 unspecified atom stereocenters. The minimum atomic E-state index is -4.42. The van der Waals surface area contributed by atoms with E-state index in [1.165, 1.54) is 24.3 Å². The summed E-state index contributed by atoms with van der Waals surface area (Å²) < 4.78 is 37.4. The highest BCUT2D eigenvalue weighted by Crippen LogP contribution is 2.14. The van der Waals surface area contributed by atoms with Crippen LogP contribution >= 0.6 is 0 Å². The van der Waals surface area contributed by atoms with Crippen molar-refractivity contribution in [3.63, 3.8) is 0 Å². The van der Waals surface area contributed by atoms with E-state index in [0.29, 0.717) is 5.69 Å². The quantitative estimate of drug-likeness (QED) is 0.518. The second-order valence-electron chi connectivity index (χ2n) is 4.12. The first-order valence-corrected chi connectivity index (χ1v) is 7.39. The smallest absolute Gasteiger partial charge is 0.124 e. The van der Waals surface area contributed by atoms with Crippen LogP contribution in [0.1, 0.15) is 5.56 Å². The average molecular weight is 305 g/mol. The average Bonchev–Trinajstić information content (AvgIpc) is 2.47. The molecule has 0 amide bonds. The van der Waals surface area contributed by atoms with Gasteiger partial charge in [0.25, 0.3) is 0 Å². The molecule has 1 N–H and O–H groups in total. The number of anilines is 1. The third-order valence-corrected chi connectivity index (χ3v) is 3.52. The van der Waals surface area contributed by atoms with Gasteiger partial charge in [-0.15, -0.1) is 0 Å². The Kier molecular flexibility index (Phi) is 4.56. The largest absolute Gasteiger partial charge is 0.744 e. The molecule has 0 aliphatic carbocycles. The van der Waals surface area contributed by atoms with Crippen LogP contribution in [0.3, 0.4) is 0 Å². The van der Waals surface area contributed by atoms with E-state index in [2.05, 4.69) is 10.5 Å². The molecule has 0 spiro atoms. The number of hydrogen-bond acceptors (Lipinski definition) is 6. The van der Waals surface area contributed by atoms with Gasteiger partial charge in [-0.2, -0.15) is 5.10 Å². The standard InChI is InChI=1S/C14H14N2O4S/c1-20-13-6-2-11(3-7-13)10-15-16-12-4-8-14(9-5-12)21(17,18)19/h2-10,16H,1H3,(H,17,18,19)/p-1. The fraction of sp³-hybridized carbons (Fsp3) is 0.0714. The van der Waals surface area contributed by atoms with Crippen molar-refractivity contribution in [2.24, 2.45) is 5.10 Å². The zero-order chi connectivity index (χ0) is 15.3. The lowest BCUT2D eigenvalue weighted by Gasteiger charge is -2.07. The van der Waals surface area contributed by atoms with Crippen LogP contribution < -0.4 is 10.2 Å². The van der Waals surface area contributed by atoms with Crippen LogP contribution in [0.25, 0.3) is 0 Å². The third-order valence-electron chi connectivity index (χ3n) is 2.67. The minimum absolute atomic E-state index is 0.271. The maximum atomic E-state index is 10.8. The summed E-state index contributed by atoms with van der Waals surface area (Å²) in [4.78, 5) is -0.271. The molecule has 110 valence electrons. The number of nitrogens with zero attached hydrogens (tertiary/aromatic N) is 1. The van der Waals surface area contributed by atoms with Crippen LogP contribution in [-0.2, 0) is 10.1 Å². The fourth-order valence-corrected chi connectivity index (χ4v) is 2.04. The number of ether oxygens (including phenoxy) is 1. The van der Waals surface area contributed by atoms with Crippen molar-refractivity contribution in [1.82, 2.24) is 0 Å². The van der Waals surface area contributed by atoms with E-state index >= 15 is 0 Å². The first-order chi connectivity index (χ1) is 9.99. The predicted molar refractivity (Wildman–Crippen MR) is 78.6 cm³/mol. The molecule has 2 aromatic carbocycles. The summed E-state index contributed by atoms with van der Waals surface area (Å²) in [5.74, 6) is 0.759. The summed E-state index contributed by atoms with van der Waals surface area (Å²) in [6, 6.07) is 12.7. The topological polar surface area (TPSA) is 90.8 Å². The Balaban J connectivity index is 2.00. The highest BCUT2D eigenvalue weighted by molar-refractivity contribution is 7.85. The lowest BCUT2D eigenvalue weighted by Crippen LogP contribution is -1.98. The van der Waals surface area contributed by atoms with Crippen LogP contribution in [0.15, 0.2) is 58.5 Å². The fourth-order valence-electron chi connectivity index (χ4n) is 1.57. The molecular formula is C14H13N2O4S-. The number of rotatable bonds is 5. The Morgan fingerprint density at radius 1 is 1.10 bits per heavy atom. The molecule has 0 aromatic heterocycles. The van der Waals surface area contributed by atoms with E-state index in [9.17, 15) is 13.0 Å². The van der Waals surface area contributed by atoms with Gasteiger partial charge in [-0.1, -0.05) is 0 Å². The van der Waals surface area contributed by atoms with Crippen molar-refractivity contribution >= 4 is 22.0 Å². The summed E-state index contributed by atoms with van der Waals surface area (Å²) in [5, 5.41) is 4.02. The van der Waals surface area contributed by atoms with Crippen molar-refractivity contribution in [1.29, 1.82) is 0 Å². The van der Waals surface area contributed by atoms with Gasteiger partial charge in [0.2, 0.25) is 0 Å². The van der Waals surface area contributed by atoms with Crippen molar-refractivity contribution in [3.8, 4) is 5.75 Å². The number of benzene rings is 2. The molecule has 0 aliphatic rings. The summed E-state index contributed by atoms with van der Waals surface area (Å²) in [6.07, 6.45) is 1.61. The predicted octanol–water partition coefficient (Wildman–Crippen LogP) is 2.05. The van der Waals surface area contributed by atoms with Crippen molar-refractivity contribution in [3.05, 3.63) is 54.1 Å². The zero-order valence-electron chi connectivity index (χ0n) is 11.2. The molecule has 0 saturated carbocycles. The molecule has 0 heterocycles. The van der Waals surface area contributed by atoms with E-state index in [0.717, 1.165) is 11.3 Å². The van der Waals surface area contributed by atoms with Gasteiger partial charge in [0.05, 0.1) is 23.9 Å². The molecule has 2 aromatic rings. The molecule has 0 atom stereocenters. The number of hydrogen-bond donors (Lipinski definition) is 1. The monoisotopic (exact) mass is 305 g/mol. The van der Waals surface area contributed by atoms with E-state index < -0.39 is 10.1 Å². The van der Waals surface area contributed by atoms with Crippen molar-refractivity contribution in [2.75, 3.05) is 12.5 Å². The summed E-state index contributed by atoms with van der Waals surface area (Å²) in [6.45, 7) is 0. The number of methoxy groups -OCH3 is 1. The van der Waals surface area contributed by atoms with Gasteiger partial charge in [-0.25, -0.2) is 8.42 Å². The van der Waals surface area contributed by atoms with Gasteiger partial charge in [0.1, 0.15) is 15.9 Å². The van der Waals surface area contributed by atoms with Gasteiger partial charge < -0.3 is 9.29 Å². The van der Waals surface area contributed by atoms with E-state index in [1.807, 2.05) is 24.3 Å². The molecule has 0 radical (unpaired) electrons. The Bertz CT molecular complexity index is 723. The number of nitrogens with one attached hydrogen (secondary N) is 1.